The smallest absolute Gasteiger partial charge is 1.00 e. The fourth-order valence-corrected chi connectivity index (χ4v) is 0.780. The minimum atomic E-state index is -4.06. The van der Waals surface area contributed by atoms with Crippen molar-refractivity contribution in [1.29, 1.82) is 0 Å². The van der Waals surface area contributed by atoms with Crippen molar-refractivity contribution in [1.82, 2.24) is 0 Å². The maximum Gasteiger partial charge on any atom is 1.00 e. The molecule has 0 rings (SSSR count). The molecule has 0 heterocycles. The number of esters is 1. The van der Waals surface area contributed by atoms with E-state index >= 15 is 0 Å². The Bertz CT molecular complexity index is 301. The molecule has 0 fully saturated rings. The van der Waals surface area contributed by atoms with Crippen molar-refractivity contribution in [2.75, 3.05) is 12.4 Å². The van der Waals surface area contributed by atoms with E-state index in [4.69, 9.17) is 4.55 Å². The van der Waals surface area contributed by atoms with Crippen molar-refractivity contribution in [3.63, 3.8) is 0 Å². The second-order valence-electron chi connectivity index (χ2n) is 2.38. The topological polar surface area (TPSA) is 80.7 Å². The Kier molecular flexibility index (Phi) is 8.77. The van der Waals surface area contributed by atoms with Gasteiger partial charge in [0, 0.05) is 5.57 Å². The van der Waals surface area contributed by atoms with Crippen LogP contribution < -0.4 is 29.6 Å². The van der Waals surface area contributed by atoms with E-state index in [9.17, 15) is 13.2 Å². The van der Waals surface area contributed by atoms with Crippen LogP contribution in [0.15, 0.2) is 12.2 Å². The standard InChI is InChI=1S/C7H12O5S.Na.H/c1-3-6(2)7(8)12-4-5-13(9,10)11;;/h2-5H2,1H3,(H,9,10,11);;/q;+1;-1. The van der Waals surface area contributed by atoms with Crippen LogP contribution in [0.25, 0.3) is 0 Å². The monoisotopic (exact) mass is 232 g/mol. The first-order valence-electron chi connectivity index (χ1n) is 3.67. The second kappa shape index (κ2) is 7.42. The largest absolute Gasteiger partial charge is 1.00 e. The van der Waals surface area contributed by atoms with E-state index in [-0.39, 0.29) is 43.2 Å². The Morgan fingerprint density at radius 3 is 2.43 bits per heavy atom. The number of hydrogen-bond acceptors (Lipinski definition) is 4. The van der Waals surface area contributed by atoms with Gasteiger partial charge in [-0.1, -0.05) is 13.5 Å². The summed E-state index contributed by atoms with van der Waals surface area (Å²) >= 11 is 0. The summed E-state index contributed by atoms with van der Waals surface area (Å²) in [7, 11) is -4.06. The first-order valence-corrected chi connectivity index (χ1v) is 5.27. The average molecular weight is 232 g/mol. The zero-order chi connectivity index (χ0) is 10.5. The summed E-state index contributed by atoms with van der Waals surface area (Å²) in [4.78, 5) is 10.9. The minimum Gasteiger partial charge on any atom is -1.00 e. The summed E-state index contributed by atoms with van der Waals surface area (Å²) in [5.41, 5.74) is 0.273. The van der Waals surface area contributed by atoms with Crippen LogP contribution in [-0.2, 0) is 19.6 Å². The zero-order valence-electron chi connectivity index (χ0n) is 9.32. The molecule has 1 N–H and O–H groups in total. The summed E-state index contributed by atoms with van der Waals surface area (Å²) in [6.07, 6.45) is 0.449. The van der Waals surface area contributed by atoms with Crippen LogP contribution >= 0.6 is 0 Å². The van der Waals surface area contributed by atoms with Crippen LogP contribution in [0.3, 0.4) is 0 Å². The molecule has 0 atom stereocenters. The molecule has 0 aromatic heterocycles. The van der Waals surface area contributed by atoms with E-state index < -0.39 is 21.8 Å². The van der Waals surface area contributed by atoms with Crippen LogP contribution in [0.4, 0.5) is 0 Å². The van der Waals surface area contributed by atoms with Gasteiger partial charge < -0.3 is 6.16 Å². The molecular weight excluding hydrogens is 219 g/mol. The van der Waals surface area contributed by atoms with E-state index in [1.54, 1.807) is 6.92 Å². The number of hydrogen-bond donors (Lipinski definition) is 1. The van der Waals surface area contributed by atoms with Crippen LogP contribution in [0.5, 0.6) is 0 Å². The van der Waals surface area contributed by atoms with E-state index in [0.29, 0.717) is 6.42 Å². The molecule has 0 unspecified atom stereocenters. The molecule has 7 heteroatoms. The van der Waals surface area contributed by atoms with Crippen molar-refractivity contribution < 1.29 is 53.5 Å². The molecular formula is C7H13NaO5S. The molecule has 0 saturated carbocycles. The fraction of sp³-hybridized carbons (Fsp3) is 0.571. The van der Waals surface area contributed by atoms with Crippen LogP contribution in [0, 0.1) is 0 Å². The molecule has 0 aliphatic carbocycles. The van der Waals surface area contributed by atoms with Gasteiger partial charge in [0.05, 0.1) is 0 Å². The minimum absolute atomic E-state index is 0. The molecule has 0 aromatic rings. The summed E-state index contributed by atoms with van der Waals surface area (Å²) in [6.45, 7) is 4.78. The molecule has 0 spiro atoms. The zero-order valence-corrected chi connectivity index (χ0v) is 11.1. The maximum atomic E-state index is 10.9. The van der Waals surface area contributed by atoms with Gasteiger partial charge in [-0.25, -0.2) is 4.79 Å². The van der Waals surface area contributed by atoms with Gasteiger partial charge in [0.25, 0.3) is 10.1 Å². The molecule has 0 radical (unpaired) electrons. The van der Waals surface area contributed by atoms with Crippen molar-refractivity contribution >= 4 is 16.1 Å². The van der Waals surface area contributed by atoms with Crippen molar-refractivity contribution in [2.45, 2.75) is 13.3 Å². The molecule has 78 valence electrons. The third-order valence-corrected chi connectivity index (χ3v) is 1.97. The normalized spacial score (nSPS) is 10.1. The van der Waals surface area contributed by atoms with Crippen LogP contribution in [0.2, 0.25) is 0 Å². The first-order chi connectivity index (χ1) is 5.87. The van der Waals surface area contributed by atoms with E-state index in [1.807, 2.05) is 0 Å². The Hall–Kier alpha value is 0.120. The summed E-state index contributed by atoms with van der Waals surface area (Å²) in [5, 5.41) is 0. The van der Waals surface area contributed by atoms with Gasteiger partial charge in [0.1, 0.15) is 12.4 Å². The molecule has 0 saturated heterocycles. The maximum absolute atomic E-state index is 10.9. The van der Waals surface area contributed by atoms with Crippen molar-refractivity contribution in [2.24, 2.45) is 0 Å². The van der Waals surface area contributed by atoms with E-state index in [2.05, 4.69) is 11.3 Å². The summed E-state index contributed by atoms with van der Waals surface area (Å²) < 4.78 is 33.2. The van der Waals surface area contributed by atoms with Gasteiger partial charge >= 0.3 is 35.5 Å². The van der Waals surface area contributed by atoms with Crippen LogP contribution in [0.1, 0.15) is 14.8 Å². The average Bonchev–Trinajstić information content (AvgIpc) is 2.00. The predicted molar refractivity (Wildman–Crippen MR) is 47.9 cm³/mol. The fourth-order valence-electron chi connectivity index (χ4n) is 0.486. The molecule has 0 aliphatic rings. The van der Waals surface area contributed by atoms with E-state index in [1.165, 1.54) is 0 Å². The van der Waals surface area contributed by atoms with Crippen molar-refractivity contribution in [3.8, 4) is 0 Å². The third-order valence-electron chi connectivity index (χ3n) is 1.29. The second-order valence-corrected chi connectivity index (χ2v) is 3.95. The molecule has 0 amide bonds. The first kappa shape index (κ1) is 16.5. The Morgan fingerprint density at radius 1 is 1.57 bits per heavy atom. The van der Waals surface area contributed by atoms with Gasteiger partial charge in [0.2, 0.25) is 0 Å². The van der Waals surface area contributed by atoms with Gasteiger partial charge in [-0.15, -0.1) is 0 Å². The van der Waals surface area contributed by atoms with Gasteiger partial charge in [-0.2, -0.15) is 8.42 Å². The SMILES string of the molecule is C=C(CC)C(=O)OCCS(=O)(=O)O.[H-].[Na+]. The van der Waals surface area contributed by atoms with E-state index in [0.717, 1.165) is 0 Å². The number of rotatable bonds is 5. The van der Waals surface area contributed by atoms with Gasteiger partial charge in [0.15, 0.2) is 0 Å². The number of carbonyl (C=O) groups is 1. The van der Waals surface area contributed by atoms with Gasteiger partial charge in [-0.3, -0.25) is 4.55 Å². The van der Waals surface area contributed by atoms with Crippen LogP contribution in [-0.4, -0.2) is 31.3 Å². The quantitative estimate of drug-likeness (QED) is 0.245. The molecule has 0 aromatic carbocycles. The van der Waals surface area contributed by atoms with Crippen molar-refractivity contribution in [3.05, 3.63) is 12.2 Å². The molecule has 14 heavy (non-hydrogen) atoms. The Balaban J connectivity index is -0.000000720. The predicted octanol–water partition coefficient (Wildman–Crippen LogP) is -2.50. The molecule has 5 nitrogen and oxygen atoms in total. The number of ether oxygens (including phenoxy) is 1. The molecule has 0 aliphatic heterocycles. The summed E-state index contributed by atoms with van der Waals surface area (Å²) in [6, 6.07) is 0. The Labute approximate surface area is 107 Å². The third kappa shape index (κ3) is 8.71. The van der Waals surface area contributed by atoms with Gasteiger partial charge in [-0.05, 0) is 6.42 Å². The molecule has 0 bridgehead atoms. The summed E-state index contributed by atoms with van der Waals surface area (Å²) in [5.74, 6) is -1.22. The number of carbonyl (C=O) groups excluding carboxylic acids is 1. The Morgan fingerprint density at radius 2 is 2.07 bits per heavy atom.